The molecule has 0 saturated heterocycles. The molecule has 0 aliphatic heterocycles. The molecule has 1 aliphatic rings. The molecule has 0 heterocycles. The molecule has 2 N–H and O–H groups in total. The highest BCUT2D eigenvalue weighted by Gasteiger charge is 2.63. The number of sulfonamides is 1. The first-order chi connectivity index (χ1) is 11.3. The summed E-state index contributed by atoms with van der Waals surface area (Å²) in [5.41, 5.74) is 1.18. The van der Waals surface area contributed by atoms with Gasteiger partial charge in [-0.1, -0.05) is 36.4 Å². The summed E-state index contributed by atoms with van der Waals surface area (Å²) in [6.45, 7) is 3.72. The molecule has 0 bridgehead atoms. The van der Waals surface area contributed by atoms with Crippen LogP contribution in [0, 0.1) is 13.8 Å². The SMILES string of the molecule is Cc1ccc(S(=O)(=O)NC2(C(=O)O)CC2c2ccccc2)cc1C. The lowest BCUT2D eigenvalue weighted by molar-refractivity contribution is -0.140. The summed E-state index contributed by atoms with van der Waals surface area (Å²) in [6, 6.07) is 13.9. The van der Waals surface area contributed by atoms with Gasteiger partial charge in [-0.3, -0.25) is 4.79 Å². The molecular weight excluding hydrogens is 326 g/mol. The molecule has 0 amide bonds. The van der Waals surface area contributed by atoms with E-state index in [1.54, 1.807) is 12.1 Å². The van der Waals surface area contributed by atoms with E-state index in [0.717, 1.165) is 16.7 Å². The van der Waals surface area contributed by atoms with E-state index in [2.05, 4.69) is 4.72 Å². The smallest absolute Gasteiger partial charge is 0.325 e. The van der Waals surface area contributed by atoms with Crippen LogP contribution in [0.2, 0.25) is 0 Å². The van der Waals surface area contributed by atoms with E-state index >= 15 is 0 Å². The molecule has 2 atom stereocenters. The highest BCUT2D eigenvalue weighted by molar-refractivity contribution is 7.89. The molecule has 6 heteroatoms. The summed E-state index contributed by atoms with van der Waals surface area (Å²) in [5, 5.41) is 9.62. The van der Waals surface area contributed by atoms with Crippen LogP contribution in [0.3, 0.4) is 0 Å². The predicted molar refractivity (Wildman–Crippen MR) is 90.4 cm³/mol. The fraction of sp³-hybridized carbons (Fsp3) is 0.278. The van der Waals surface area contributed by atoms with Crippen LogP contribution in [0.1, 0.15) is 29.0 Å². The van der Waals surface area contributed by atoms with Gasteiger partial charge >= 0.3 is 5.97 Å². The third-order valence-corrected chi connectivity index (χ3v) is 6.16. The summed E-state index contributed by atoms with van der Waals surface area (Å²) in [7, 11) is -3.91. The standard InChI is InChI=1S/C18H19NO4S/c1-12-8-9-15(10-13(12)2)24(22,23)19-18(17(20)21)11-16(18)14-6-4-3-5-7-14/h3-10,16,19H,11H2,1-2H3,(H,20,21). The van der Waals surface area contributed by atoms with Crippen LogP contribution in [-0.2, 0) is 14.8 Å². The minimum atomic E-state index is -3.91. The van der Waals surface area contributed by atoms with Crippen molar-refractivity contribution < 1.29 is 18.3 Å². The van der Waals surface area contributed by atoms with Crippen molar-refractivity contribution in [3.63, 3.8) is 0 Å². The Bertz CT molecular complexity index is 892. The maximum atomic E-state index is 12.7. The third kappa shape index (κ3) is 2.83. The molecule has 1 fully saturated rings. The summed E-state index contributed by atoms with van der Waals surface area (Å²) < 4.78 is 27.7. The molecule has 1 aliphatic carbocycles. The van der Waals surface area contributed by atoms with Crippen LogP contribution in [0.4, 0.5) is 0 Å². The molecule has 0 aromatic heterocycles. The van der Waals surface area contributed by atoms with Crippen molar-refractivity contribution in [2.75, 3.05) is 0 Å². The molecule has 126 valence electrons. The molecule has 2 unspecified atom stereocenters. The molecule has 0 radical (unpaired) electrons. The molecule has 24 heavy (non-hydrogen) atoms. The summed E-state index contributed by atoms with van der Waals surface area (Å²) in [5.74, 6) is -1.51. The number of carboxylic acid groups (broad SMARTS) is 1. The Labute approximate surface area is 141 Å². The van der Waals surface area contributed by atoms with Gasteiger partial charge in [0, 0.05) is 5.92 Å². The monoisotopic (exact) mass is 345 g/mol. The number of benzene rings is 2. The minimum absolute atomic E-state index is 0.0879. The van der Waals surface area contributed by atoms with Gasteiger partial charge in [0.25, 0.3) is 0 Å². The lowest BCUT2D eigenvalue weighted by Crippen LogP contribution is -2.44. The molecule has 2 aromatic carbocycles. The van der Waals surface area contributed by atoms with Crippen LogP contribution in [-0.4, -0.2) is 25.0 Å². The van der Waals surface area contributed by atoms with Gasteiger partial charge < -0.3 is 5.11 Å². The van der Waals surface area contributed by atoms with Crippen LogP contribution in [0.15, 0.2) is 53.4 Å². The second-order valence-corrected chi connectivity index (χ2v) is 7.98. The van der Waals surface area contributed by atoms with Crippen molar-refractivity contribution >= 4 is 16.0 Å². The zero-order valence-electron chi connectivity index (χ0n) is 13.5. The average Bonchev–Trinajstić information content (AvgIpc) is 3.26. The Morgan fingerprint density at radius 1 is 1.12 bits per heavy atom. The number of aryl methyl sites for hydroxylation is 2. The van der Waals surface area contributed by atoms with Crippen molar-refractivity contribution in [3.8, 4) is 0 Å². The van der Waals surface area contributed by atoms with Crippen molar-refractivity contribution in [3.05, 3.63) is 65.2 Å². The first-order valence-electron chi connectivity index (χ1n) is 7.66. The lowest BCUT2D eigenvalue weighted by atomic mass is 10.1. The van der Waals surface area contributed by atoms with E-state index in [1.807, 2.05) is 44.2 Å². The molecule has 5 nitrogen and oxygen atoms in total. The second-order valence-electron chi connectivity index (χ2n) is 6.30. The molecule has 0 spiro atoms. The lowest BCUT2D eigenvalue weighted by Gasteiger charge is -2.16. The van der Waals surface area contributed by atoms with Crippen molar-refractivity contribution in [1.82, 2.24) is 4.72 Å². The number of nitrogens with one attached hydrogen (secondary N) is 1. The summed E-state index contributed by atoms with van der Waals surface area (Å²) in [6.07, 6.45) is 0.246. The van der Waals surface area contributed by atoms with Gasteiger partial charge in [0.1, 0.15) is 5.54 Å². The van der Waals surface area contributed by atoms with E-state index in [9.17, 15) is 18.3 Å². The predicted octanol–water partition coefficient (Wildman–Crippen LogP) is 2.59. The molecule has 3 rings (SSSR count). The van der Waals surface area contributed by atoms with Gasteiger partial charge in [0.05, 0.1) is 4.90 Å². The highest BCUT2D eigenvalue weighted by Crippen LogP contribution is 2.52. The van der Waals surface area contributed by atoms with E-state index < -0.39 is 21.5 Å². The maximum absolute atomic E-state index is 12.7. The van der Waals surface area contributed by atoms with E-state index in [0.29, 0.717) is 0 Å². The topological polar surface area (TPSA) is 83.5 Å². The quantitative estimate of drug-likeness (QED) is 0.872. The average molecular weight is 345 g/mol. The number of hydrogen-bond acceptors (Lipinski definition) is 3. The van der Waals surface area contributed by atoms with Crippen LogP contribution < -0.4 is 4.72 Å². The zero-order valence-corrected chi connectivity index (χ0v) is 14.3. The number of aliphatic carboxylic acids is 1. The Balaban J connectivity index is 1.92. The van der Waals surface area contributed by atoms with Crippen molar-refractivity contribution in [2.45, 2.75) is 36.6 Å². The van der Waals surface area contributed by atoms with Crippen molar-refractivity contribution in [2.24, 2.45) is 0 Å². The Kier molecular flexibility index (Phi) is 3.97. The zero-order chi connectivity index (χ0) is 17.5. The van der Waals surface area contributed by atoms with Gasteiger partial charge in [-0.15, -0.1) is 0 Å². The van der Waals surface area contributed by atoms with Gasteiger partial charge in [-0.2, -0.15) is 4.72 Å². The van der Waals surface area contributed by atoms with E-state index in [-0.39, 0.29) is 17.2 Å². The van der Waals surface area contributed by atoms with Gasteiger partial charge in [0.2, 0.25) is 10.0 Å². The number of carboxylic acids is 1. The fourth-order valence-corrected chi connectivity index (χ4v) is 4.41. The van der Waals surface area contributed by atoms with Crippen LogP contribution in [0.5, 0.6) is 0 Å². The van der Waals surface area contributed by atoms with E-state index in [1.165, 1.54) is 6.07 Å². The minimum Gasteiger partial charge on any atom is -0.480 e. The van der Waals surface area contributed by atoms with Gasteiger partial charge in [-0.25, -0.2) is 8.42 Å². The fourth-order valence-electron chi connectivity index (χ4n) is 2.92. The Morgan fingerprint density at radius 3 is 2.38 bits per heavy atom. The summed E-state index contributed by atoms with van der Waals surface area (Å²) in [4.78, 5) is 11.9. The number of carbonyl (C=O) groups is 1. The normalized spacial score (nSPS) is 23.0. The van der Waals surface area contributed by atoms with E-state index in [4.69, 9.17) is 0 Å². The van der Waals surface area contributed by atoms with Crippen molar-refractivity contribution in [1.29, 1.82) is 0 Å². The first kappa shape index (κ1) is 16.7. The maximum Gasteiger partial charge on any atom is 0.325 e. The van der Waals surface area contributed by atoms with Crippen LogP contribution in [0.25, 0.3) is 0 Å². The number of rotatable bonds is 5. The van der Waals surface area contributed by atoms with Gasteiger partial charge in [0.15, 0.2) is 0 Å². The largest absolute Gasteiger partial charge is 0.480 e. The third-order valence-electron chi connectivity index (χ3n) is 4.65. The number of hydrogen-bond donors (Lipinski definition) is 2. The molecular formula is C18H19NO4S. The first-order valence-corrected chi connectivity index (χ1v) is 9.14. The Morgan fingerprint density at radius 2 is 1.79 bits per heavy atom. The molecule has 1 saturated carbocycles. The molecule has 2 aromatic rings. The highest BCUT2D eigenvalue weighted by atomic mass is 32.2. The Hall–Kier alpha value is -2.18. The van der Waals surface area contributed by atoms with Gasteiger partial charge in [-0.05, 0) is 49.1 Å². The second kappa shape index (κ2) is 5.72. The van der Waals surface area contributed by atoms with Crippen LogP contribution >= 0.6 is 0 Å². The summed E-state index contributed by atoms with van der Waals surface area (Å²) >= 11 is 0.